The maximum absolute atomic E-state index is 6.41. The Morgan fingerprint density at radius 3 is 2.58 bits per heavy atom. The van der Waals surface area contributed by atoms with Crippen LogP contribution >= 0.6 is 12.4 Å². The van der Waals surface area contributed by atoms with Gasteiger partial charge in [-0.1, -0.05) is 13.0 Å². The molecule has 8 heteroatoms. The molecule has 0 saturated heterocycles. The van der Waals surface area contributed by atoms with Crippen LogP contribution in [0.2, 0.25) is 0 Å². The molecule has 0 bridgehead atoms. The standard InChI is InChI=1S/C23H27NO6.ClH/c1-5-24-9-8-13-10-17-22(30-12-29-17)23(27-4)18(13)19(24)21-14-6-7-16(25-2)20(26-3)15(14)11-28-21;/h6-7,10,19,21H,5,8-9,11-12H2,1-4H3;1H/t19-,21+;/m1./s1. The lowest BCUT2D eigenvalue weighted by molar-refractivity contribution is -0.0118. The predicted octanol–water partition coefficient (Wildman–Crippen LogP) is 4.05. The third-order valence-corrected chi connectivity index (χ3v) is 6.40. The summed E-state index contributed by atoms with van der Waals surface area (Å²) in [6.45, 7) is 4.73. The van der Waals surface area contributed by atoms with E-state index in [1.54, 1.807) is 21.3 Å². The fourth-order valence-electron chi connectivity index (χ4n) is 5.04. The second-order valence-electron chi connectivity index (χ2n) is 7.64. The zero-order valence-electron chi connectivity index (χ0n) is 18.2. The van der Waals surface area contributed by atoms with Gasteiger partial charge in [0.25, 0.3) is 0 Å². The van der Waals surface area contributed by atoms with E-state index in [2.05, 4.69) is 24.0 Å². The topological polar surface area (TPSA) is 58.6 Å². The molecule has 0 aliphatic carbocycles. The summed E-state index contributed by atoms with van der Waals surface area (Å²) >= 11 is 0. The van der Waals surface area contributed by atoms with E-state index >= 15 is 0 Å². The molecular formula is C23H28ClNO6. The van der Waals surface area contributed by atoms with Crippen molar-refractivity contribution in [2.45, 2.75) is 32.1 Å². The molecule has 0 radical (unpaired) electrons. The molecule has 7 nitrogen and oxygen atoms in total. The first kappa shape index (κ1) is 21.9. The Labute approximate surface area is 188 Å². The summed E-state index contributed by atoms with van der Waals surface area (Å²) in [5, 5.41) is 0. The SMILES string of the molecule is CCN1CCc2cc3c(c(OC)c2[C@@H]1[C@H]1OCc2c1ccc(OC)c2OC)OCO3.Cl. The van der Waals surface area contributed by atoms with Crippen LogP contribution < -0.4 is 23.7 Å². The second-order valence-corrected chi connectivity index (χ2v) is 7.64. The third kappa shape index (κ3) is 3.26. The molecule has 0 unspecified atom stereocenters. The van der Waals surface area contributed by atoms with Crippen LogP contribution in [0.3, 0.4) is 0 Å². The van der Waals surface area contributed by atoms with Gasteiger partial charge in [0.15, 0.2) is 23.0 Å². The monoisotopic (exact) mass is 449 g/mol. The molecule has 168 valence electrons. The maximum atomic E-state index is 6.41. The summed E-state index contributed by atoms with van der Waals surface area (Å²) in [5.41, 5.74) is 4.53. The number of methoxy groups -OCH3 is 3. The number of ether oxygens (including phenoxy) is 6. The molecule has 5 rings (SSSR count). The lowest BCUT2D eigenvalue weighted by atomic mass is 9.85. The lowest BCUT2D eigenvalue weighted by Gasteiger charge is -2.40. The first-order valence-corrected chi connectivity index (χ1v) is 10.3. The van der Waals surface area contributed by atoms with E-state index in [0.29, 0.717) is 12.4 Å². The molecule has 0 saturated carbocycles. The van der Waals surface area contributed by atoms with Crippen LogP contribution in [-0.4, -0.2) is 46.1 Å². The number of rotatable bonds is 5. The number of hydrogen-bond acceptors (Lipinski definition) is 7. The Balaban J connectivity index is 0.00000231. The Hall–Kier alpha value is -2.35. The minimum Gasteiger partial charge on any atom is -0.493 e. The van der Waals surface area contributed by atoms with Crippen LogP contribution in [0.1, 0.15) is 41.3 Å². The predicted molar refractivity (Wildman–Crippen MR) is 117 cm³/mol. The van der Waals surface area contributed by atoms with Crippen LogP contribution in [0.4, 0.5) is 0 Å². The highest BCUT2D eigenvalue weighted by molar-refractivity contribution is 5.85. The zero-order valence-corrected chi connectivity index (χ0v) is 19.0. The maximum Gasteiger partial charge on any atom is 0.231 e. The fourth-order valence-corrected chi connectivity index (χ4v) is 5.04. The van der Waals surface area contributed by atoms with Crippen molar-refractivity contribution in [3.05, 3.63) is 40.5 Å². The van der Waals surface area contributed by atoms with Crippen molar-refractivity contribution in [2.75, 3.05) is 41.2 Å². The Bertz CT molecular complexity index is 981. The lowest BCUT2D eigenvalue weighted by Crippen LogP contribution is -2.38. The van der Waals surface area contributed by atoms with Crippen molar-refractivity contribution in [3.8, 4) is 28.7 Å². The first-order chi connectivity index (χ1) is 14.7. The molecule has 2 aromatic carbocycles. The van der Waals surface area contributed by atoms with Crippen LogP contribution in [0.15, 0.2) is 18.2 Å². The van der Waals surface area contributed by atoms with Crippen LogP contribution in [0.25, 0.3) is 0 Å². The number of fused-ring (bicyclic) bond motifs is 3. The van der Waals surface area contributed by atoms with Crippen LogP contribution in [-0.2, 0) is 17.8 Å². The average Bonchev–Trinajstić information content (AvgIpc) is 3.42. The van der Waals surface area contributed by atoms with Crippen molar-refractivity contribution in [3.63, 3.8) is 0 Å². The van der Waals surface area contributed by atoms with E-state index in [0.717, 1.165) is 59.2 Å². The van der Waals surface area contributed by atoms with Crippen LogP contribution in [0.5, 0.6) is 28.7 Å². The molecule has 2 atom stereocenters. The van der Waals surface area contributed by atoms with E-state index in [-0.39, 0.29) is 31.3 Å². The van der Waals surface area contributed by atoms with Gasteiger partial charge >= 0.3 is 0 Å². The molecule has 3 aliphatic heterocycles. The van der Waals surface area contributed by atoms with Crippen molar-refractivity contribution < 1.29 is 28.4 Å². The summed E-state index contributed by atoms with van der Waals surface area (Å²) in [5.74, 6) is 3.66. The van der Waals surface area contributed by atoms with Gasteiger partial charge in [0.2, 0.25) is 12.5 Å². The minimum atomic E-state index is -0.145. The number of halogens is 1. The van der Waals surface area contributed by atoms with Gasteiger partial charge in [-0.05, 0) is 36.2 Å². The summed E-state index contributed by atoms with van der Waals surface area (Å²) < 4.78 is 34.8. The number of nitrogens with zero attached hydrogens (tertiary/aromatic N) is 1. The number of likely N-dealkylation sites (N-methyl/N-ethyl adjacent to an activating group) is 1. The van der Waals surface area contributed by atoms with Gasteiger partial charge in [-0.15, -0.1) is 12.4 Å². The highest BCUT2D eigenvalue weighted by Gasteiger charge is 2.43. The Kier molecular flexibility index (Phi) is 6.10. The van der Waals surface area contributed by atoms with Gasteiger partial charge in [-0.2, -0.15) is 0 Å². The smallest absolute Gasteiger partial charge is 0.231 e. The molecule has 31 heavy (non-hydrogen) atoms. The molecule has 0 spiro atoms. The van der Waals surface area contributed by atoms with E-state index in [1.165, 1.54) is 5.56 Å². The normalized spacial score (nSPS) is 21.2. The summed E-state index contributed by atoms with van der Waals surface area (Å²) in [6, 6.07) is 6.15. The molecule has 2 aromatic rings. The summed E-state index contributed by atoms with van der Waals surface area (Å²) in [6.07, 6.45) is 0.783. The minimum absolute atomic E-state index is 0. The molecule has 0 aromatic heterocycles. The van der Waals surface area contributed by atoms with Crippen LogP contribution in [0, 0.1) is 0 Å². The van der Waals surface area contributed by atoms with Crippen molar-refractivity contribution in [2.24, 2.45) is 0 Å². The molecule has 3 aliphatic rings. The molecule has 0 fully saturated rings. The molecule has 0 amide bonds. The first-order valence-electron chi connectivity index (χ1n) is 10.3. The fraction of sp³-hybridized carbons (Fsp3) is 0.478. The van der Waals surface area contributed by atoms with E-state index < -0.39 is 0 Å². The number of hydrogen-bond donors (Lipinski definition) is 0. The summed E-state index contributed by atoms with van der Waals surface area (Å²) in [7, 11) is 5.02. The van der Waals surface area contributed by atoms with E-state index in [1.807, 2.05) is 6.07 Å². The van der Waals surface area contributed by atoms with Gasteiger partial charge in [0.1, 0.15) is 6.10 Å². The highest BCUT2D eigenvalue weighted by atomic mass is 35.5. The summed E-state index contributed by atoms with van der Waals surface area (Å²) in [4.78, 5) is 2.45. The largest absolute Gasteiger partial charge is 0.493 e. The Morgan fingerprint density at radius 1 is 1.06 bits per heavy atom. The van der Waals surface area contributed by atoms with E-state index in [4.69, 9.17) is 28.4 Å². The van der Waals surface area contributed by atoms with Crippen molar-refractivity contribution in [1.29, 1.82) is 0 Å². The van der Waals surface area contributed by atoms with Gasteiger partial charge in [-0.25, -0.2) is 0 Å². The second kappa shape index (κ2) is 8.65. The van der Waals surface area contributed by atoms with E-state index in [9.17, 15) is 0 Å². The zero-order chi connectivity index (χ0) is 20.8. The van der Waals surface area contributed by atoms with Crippen molar-refractivity contribution in [1.82, 2.24) is 4.90 Å². The van der Waals surface area contributed by atoms with Gasteiger partial charge in [0.05, 0.1) is 34.0 Å². The molecule has 3 heterocycles. The highest BCUT2D eigenvalue weighted by Crippen LogP contribution is 2.55. The quantitative estimate of drug-likeness (QED) is 0.682. The Morgan fingerprint density at radius 2 is 1.87 bits per heavy atom. The van der Waals surface area contributed by atoms with Gasteiger partial charge in [-0.3, -0.25) is 4.90 Å². The third-order valence-electron chi connectivity index (χ3n) is 6.40. The molecular weight excluding hydrogens is 422 g/mol. The average molecular weight is 450 g/mol. The molecule has 0 N–H and O–H groups in total. The van der Waals surface area contributed by atoms with Crippen molar-refractivity contribution >= 4 is 12.4 Å². The van der Waals surface area contributed by atoms with Gasteiger partial charge in [0, 0.05) is 17.7 Å². The number of benzene rings is 2. The van der Waals surface area contributed by atoms with Gasteiger partial charge < -0.3 is 28.4 Å².